The molecule has 0 heterocycles. The Balaban J connectivity index is 1.85. The van der Waals surface area contributed by atoms with E-state index in [1.54, 1.807) is 7.11 Å². The highest BCUT2D eigenvalue weighted by Crippen LogP contribution is 2.17. The zero-order valence-electron chi connectivity index (χ0n) is 14.7. The van der Waals surface area contributed by atoms with Crippen molar-refractivity contribution in [1.82, 2.24) is 5.32 Å². The van der Waals surface area contributed by atoms with Crippen LogP contribution in [0.4, 0.5) is 5.69 Å². The lowest BCUT2D eigenvalue weighted by molar-refractivity contribution is -0.120. The molecule has 0 aromatic heterocycles. The Kier molecular flexibility index (Phi) is 7.01. The molecule has 132 valence electrons. The maximum Gasteiger partial charge on any atom is 0.224 e. The van der Waals surface area contributed by atoms with Gasteiger partial charge in [-0.1, -0.05) is 37.3 Å². The second-order valence-corrected chi connectivity index (χ2v) is 5.76. The van der Waals surface area contributed by atoms with Crippen molar-refractivity contribution in [3.8, 4) is 5.75 Å². The van der Waals surface area contributed by atoms with Crippen molar-refractivity contribution in [3.63, 3.8) is 0 Å². The van der Waals surface area contributed by atoms with Gasteiger partial charge < -0.3 is 15.4 Å². The van der Waals surface area contributed by atoms with Gasteiger partial charge in [0.05, 0.1) is 13.5 Å². The van der Waals surface area contributed by atoms with Crippen LogP contribution in [0.15, 0.2) is 48.5 Å². The first-order valence-electron chi connectivity index (χ1n) is 8.39. The molecule has 0 unspecified atom stereocenters. The molecule has 0 aliphatic rings. The molecule has 0 saturated carbocycles. The fourth-order valence-electron chi connectivity index (χ4n) is 2.45. The van der Waals surface area contributed by atoms with Crippen LogP contribution in [0.5, 0.6) is 5.75 Å². The number of carbonyl (C=O) groups is 2. The van der Waals surface area contributed by atoms with Gasteiger partial charge in [0.25, 0.3) is 0 Å². The first-order chi connectivity index (χ1) is 12.1. The van der Waals surface area contributed by atoms with E-state index in [1.807, 2.05) is 55.5 Å². The average molecular weight is 340 g/mol. The molecule has 0 bridgehead atoms. The summed E-state index contributed by atoms with van der Waals surface area (Å²) in [5, 5.41) is 5.73. The highest BCUT2D eigenvalue weighted by molar-refractivity contribution is 5.90. The van der Waals surface area contributed by atoms with E-state index < -0.39 is 0 Å². The molecule has 2 aromatic rings. The molecule has 2 N–H and O–H groups in total. The maximum absolute atomic E-state index is 12.1. The fraction of sp³-hybridized carbons (Fsp3) is 0.300. The van der Waals surface area contributed by atoms with Crippen molar-refractivity contribution >= 4 is 17.5 Å². The van der Waals surface area contributed by atoms with Crippen LogP contribution in [0.3, 0.4) is 0 Å². The van der Waals surface area contributed by atoms with Crippen molar-refractivity contribution in [2.75, 3.05) is 12.4 Å². The summed E-state index contributed by atoms with van der Waals surface area (Å²) >= 11 is 0. The summed E-state index contributed by atoms with van der Waals surface area (Å²) in [6.45, 7) is 2.39. The van der Waals surface area contributed by atoms with Crippen molar-refractivity contribution in [2.45, 2.75) is 32.7 Å². The van der Waals surface area contributed by atoms with Gasteiger partial charge in [0.1, 0.15) is 5.75 Å². The SMILES string of the molecule is CCCC(=O)Nc1ccc(CC(=O)NCc2ccccc2OC)cc1. The largest absolute Gasteiger partial charge is 0.496 e. The number of ether oxygens (including phenoxy) is 1. The van der Waals surface area contributed by atoms with Crippen LogP contribution in [-0.2, 0) is 22.6 Å². The van der Waals surface area contributed by atoms with Gasteiger partial charge in [-0.3, -0.25) is 9.59 Å². The third-order valence-corrected chi connectivity index (χ3v) is 3.75. The van der Waals surface area contributed by atoms with E-state index in [-0.39, 0.29) is 11.8 Å². The molecule has 2 aromatic carbocycles. The van der Waals surface area contributed by atoms with E-state index in [2.05, 4.69) is 10.6 Å². The normalized spacial score (nSPS) is 10.2. The summed E-state index contributed by atoms with van der Waals surface area (Å²) < 4.78 is 5.27. The predicted molar refractivity (Wildman–Crippen MR) is 98.5 cm³/mol. The highest BCUT2D eigenvalue weighted by Gasteiger charge is 2.07. The first kappa shape index (κ1) is 18.5. The van der Waals surface area contributed by atoms with E-state index in [0.29, 0.717) is 19.4 Å². The standard InChI is InChI=1S/C20H24N2O3/c1-3-6-19(23)22-17-11-9-15(10-12-17)13-20(24)21-14-16-7-4-5-8-18(16)25-2/h4-5,7-12H,3,6,13-14H2,1-2H3,(H,21,24)(H,22,23). The summed E-state index contributed by atoms with van der Waals surface area (Å²) in [5.74, 6) is 0.702. The van der Waals surface area contributed by atoms with Crippen LogP contribution in [-0.4, -0.2) is 18.9 Å². The molecule has 25 heavy (non-hydrogen) atoms. The van der Waals surface area contributed by atoms with Crippen molar-refractivity contribution < 1.29 is 14.3 Å². The zero-order chi connectivity index (χ0) is 18.1. The molecule has 0 saturated heterocycles. The molecule has 5 nitrogen and oxygen atoms in total. The Labute approximate surface area is 148 Å². The number of methoxy groups -OCH3 is 1. The quantitative estimate of drug-likeness (QED) is 0.775. The van der Waals surface area contributed by atoms with Crippen LogP contribution in [0, 0.1) is 0 Å². The molecular weight excluding hydrogens is 316 g/mol. The number of para-hydroxylation sites is 1. The van der Waals surface area contributed by atoms with Crippen molar-refractivity contribution in [1.29, 1.82) is 0 Å². The summed E-state index contributed by atoms with van der Waals surface area (Å²) in [7, 11) is 1.61. The number of carbonyl (C=O) groups excluding carboxylic acids is 2. The first-order valence-corrected chi connectivity index (χ1v) is 8.39. The van der Waals surface area contributed by atoms with Crippen LogP contribution >= 0.6 is 0 Å². The van der Waals surface area contributed by atoms with Gasteiger partial charge in [-0.25, -0.2) is 0 Å². The number of hydrogen-bond acceptors (Lipinski definition) is 3. The van der Waals surface area contributed by atoms with Crippen LogP contribution in [0.1, 0.15) is 30.9 Å². The van der Waals surface area contributed by atoms with Gasteiger partial charge in [-0.15, -0.1) is 0 Å². The Hall–Kier alpha value is -2.82. The minimum atomic E-state index is -0.0614. The highest BCUT2D eigenvalue weighted by atomic mass is 16.5. The maximum atomic E-state index is 12.1. The number of hydrogen-bond donors (Lipinski definition) is 2. The Morgan fingerprint density at radius 2 is 1.72 bits per heavy atom. The lowest BCUT2D eigenvalue weighted by Gasteiger charge is -2.10. The second kappa shape index (κ2) is 9.47. The number of benzene rings is 2. The summed E-state index contributed by atoms with van der Waals surface area (Å²) in [6.07, 6.45) is 1.61. The number of amides is 2. The van der Waals surface area contributed by atoms with Crippen molar-refractivity contribution in [3.05, 3.63) is 59.7 Å². The minimum Gasteiger partial charge on any atom is -0.496 e. The molecule has 5 heteroatoms. The molecule has 0 aliphatic heterocycles. The van der Waals surface area contributed by atoms with Gasteiger partial charge in [0, 0.05) is 24.2 Å². The van der Waals surface area contributed by atoms with Gasteiger partial charge in [-0.05, 0) is 30.2 Å². The lowest BCUT2D eigenvalue weighted by Crippen LogP contribution is -2.24. The molecule has 0 aliphatic carbocycles. The van der Waals surface area contributed by atoms with Gasteiger partial charge in [-0.2, -0.15) is 0 Å². The van der Waals surface area contributed by atoms with Crippen LogP contribution in [0.2, 0.25) is 0 Å². The van der Waals surface area contributed by atoms with E-state index in [1.165, 1.54) is 0 Å². The fourth-order valence-corrected chi connectivity index (χ4v) is 2.45. The Morgan fingerprint density at radius 3 is 2.40 bits per heavy atom. The van der Waals surface area contributed by atoms with E-state index in [4.69, 9.17) is 4.74 Å². The third-order valence-electron chi connectivity index (χ3n) is 3.75. The van der Waals surface area contributed by atoms with Gasteiger partial charge in [0.2, 0.25) is 11.8 Å². The van der Waals surface area contributed by atoms with Crippen LogP contribution < -0.4 is 15.4 Å². The molecule has 0 atom stereocenters. The monoisotopic (exact) mass is 340 g/mol. The average Bonchev–Trinajstić information content (AvgIpc) is 2.62. The molecular formula is C20H24N2O3. The Morgan fingerprint density at radius 1 is 1.00 bits per heavy atom. The predicted octanol–water partition coefficient (Wildman–Crippen LogP) is 3.29. The number of rotatable bonds is 8. The molecule has 2 amide bonds. The van der Waals surface area contributed by atoms with Crippen molar-refractivity contribution in [2.24, 2.45) is 0 Å². The van der Waals surface area contributed by atoms with Crippen LogP contribution in [0.25, 0.3) is 0 Å². The second-order valence-electron chi connectivity index (χ2n) is 5.76. The zero-order valence-corrected chi connectivity index (χ0v) is 14.7. The molecule has 0 spiro atoms. The van der Waals surface area contributed by atoms with E-state index in [0.717, 1.165) is 29.0 Å². The smallest absolute Gasteiger partial charge is 0.224 e. The number of nitrogens with one attached hydrogen (secondary N) is 2. The molecule has 0 fully saturated rings. The molecule has 2 rings (SSSR count). The minimum absolute atomic E-state index is 0.00445. The van der Waals surface area contributed by atoms with Gasteiger partial charge in [0.15, 0.2) is 0 Å². The summed E-state index contributed by atoms with van der Waals surface area (Å²) in [6, 6.07) is 14.9. The van der Waals surface area contributed by atoms with Gasteiger partial charge >= 0.3 is 0 Å². The van der Waals surface area contributed by atoms with E-state index in [9.17, 15) is 9.59 Å². The van der Waals surface area contributed by atoms with E-state index >= 15 is 0 Å². The summed E-state index contributed by atoms with van der Waals surface area (Å²) in [4.78, 5) is 23.7. The lowest BCUT2D eigenvalue weighted by atomic mass is 10.1. The topological polar surface area (TPSA) is 67.4 Å². The molecule has 0 radical (unpaired) electrons. The summed E-state index contributed by atoms with van der Waals surface area (Å²) in [5.41, 5.74) is 2.58. The Bertz CT molecular complexity index is 711. The third kappa shape index (κ3) is 5.95. The number of anilines is 1.